The van der Waals surface area contributed by atoms with Gasteiger partial charge in [0, 0.05) is 17.6 Å². The lowest BCUT2D eigenvalue weighted by Gasteiger charge is -2.04. The van der Waals surface area contributed by atoms with Gasteiger partial charge in [-0.2, -0.15) is 0 Å². The van der Waals surface area contributed by atoms with Gasteiger partial charge in [0.15, 0.2) is 5.78 Å². The normalized spacial score (nSPS) is 15.2. The van der Waals surface area contributed by atoms with Crippen molar-refractivity contribution in [2.24, 2.45) is 0 Å². The molecule has 22 heavy (non-hydrogen) atoms. The summed E-state index contributed by atoms with van der Waals surface area (Å²) >= 11 is 0. The molecule has 3 nitrogen and oxygen atoms in total. The van der Waals surface area contributed by atoms with Gasteiger partial charge in [0.1, 0.15) is 0 Å². The van der Waals surface area contributed by atoms with Crippen molar-refractivity contribution in [3.8, 4) is 0 Å². The lowest BCUT2D eigenvalue weighted by atomic mass is 10.0. The highest BCUT2D eigenvalue weighted by atomic mass is 16.4. The van der Waals surface area contributed by atoms with E-state index in [1.165, 1.54) is 0 Å². The first kappa shape index (κ1) is 14.3. The Kier molecular flexibility index (Phi) is 3.41. The van der Waals surface area contributed by atoms with Crippen molar-refractivity contribution in [3.63, 3.8) is 0 Å². The third-order valence-corrected chi connectivity index (χ3v) is 4.08. The Bertz CT molecular complexity index is 829. The molecule has 0 bridgehead atoms. The van der Waals surface area contributed by atoms with Crippen LogP contribution in [0.1, 0.15) is 43.0 Å². The predicted molar refractivity (Wildman–Crippen MR) is 85.3 cm³/mol. The number of aryl methyl sites for hydroxylation is 2. The second kappa shape index (κ2) is 5.26. The number of allylic oxidation sites excluding steroid dienone is 1. The largest absolute Gasteiger partial charge is 0.478 e. The molecule has 3 rings (SSSR count). The van der Waals surface area contributed by atoms with Crippen molar-refractivity contribution >= 4 is 17.8 Å². The minimum Gasteiger partial charge on any atom is -0.478 e. The molecular weight excluding hydrogens is 276 g/mol. The number of carbonyl (C=O) groups is 2. The molecule has 0 radical (unpaired) electrons. The molecule has 0 aliphatic heterocycles. The summed E-state index contributed by atoms with van der Waals surface area (Å²) < 4.78 is 0. The molecule has 1 aliphatic carbocycles. The number of Topliss-reactive ketones (excluding diaryl/α,β-unsaturated/α-hetero) is 1. The van der Waals surface area contributed by atoms with E-state index in [-0.39, 0.29) is 11.3 Å². The highest BCUT2D eigenvalue weighted by Crippen LogP contribution is 2.30. The van der Waals surface area contributed by atoms with E-state index < -0.39 is 5.97 Å². The Hall–Kier alpha value is -2.68. The molecule has 3 heteroatoms. The Morgan fingerprint density at radius 2 is 1.95 bits per heavy atom. The maximum atomic E-state index is 12.5. The van der Waals surface area contributed by atoms with E-state index in [2.05, 4.69) is 0 Å². The van der Waals surface area contributed by atoms with Crippen LogP contribution >= 0.6 is 0 Å². The number of fused-ring (bicyclic) bond motifs is 1. The van der Waals surface area contributed by atoms with Crippen LogP contribution in [-0.4, -0.2) is 16.9 Å². The van der Waals surface area contributed by atoms with Crippen molar-refractivity contribution in [1.29, 1.82) is 0 Å². The average molecular weight is 292 g/mol. The standard InChI is InChI=1S/C19H16O3/c1-11-6-7-15(19(21)22)13(8-11)9-14-10-17-12(2)4-3-5-16(17)18(14)20/h3-9H,10H2,1-2H3,(H,21,22)/b14-9+. The molecule has 0 heterocycles. The molecule has 0 saturated carbocycles. The van der Waals surface area contributed by atoms with Gasteiger partial charge in [-0.1, -0.05) is 35.9 Å². The van der Waals surface area contributed by atoms with Gasteiger partial charge in [0.25, 0.3) is 0 Å². The quantitative estimate of drug-likeness (QED) is 0.856. The van der Waals surface area contributed by atoms with Crippen LogP contribution in [0.25, 0.3) is 6.08 Å². The molecule has 0 saturated heterocycles. The van der Waals surface area contributed by atoms with Gasteiger partial charge < -0.3 is 5.11 Å². The van der Waals surface area contributed by atoms with Crippen LogP contribution in [0.15, 0.2) is 42.0 Å². The molecule has 0 spiro atoms. The second-order valence-electron chi connectivity index (χ2n) is 5.67. The summed E-state index contributed by atoms with van der Waals surface area (Å²) in [6.45, 7) is 3.90. The molecule has 1 aliphatic rings. The van der Waals surface area contributed by atoms with E-state index in [4.69, 9.17) is 0 Å². The van der Waals surface area contributed by atoms with Gasteiger partial charge in [0.2, 0.25) is 0 Å². The number of benzene rings is 2. The van der Waals surface area contributed by atoms with Gasteiger partial charge in [-0.3, -0.25) is 4.79 Å². The van der Waals surface area contributed by atoms with Crippen LogP contribution in [0.2, 0.25) is 0 Å². The van der Waals surface area contributed by atoms with Crippen LogP contribution < -0.4 is 0 Å². The zero-order valence-corrected chi connectivity index (χ0v) is 12.5. The summed E-state index contributed by atoms with van der Waals surface area (Å²) in [6, 6.07) is 10.9. The molecule has 0 atom stereocenters. The fraction of sp³-hybridized carbons (Fsp3) is 0.158. The van der Waals surface area contributed by atoms with Gasteiger partial charge >= 0.3 is 5.97 Å². The van der Waals surface area contributed by atoms with Crippen LogP contribution in [-0.2, 0) is 6.42 Å². The number of aromatic carboxylic acids is 1. The molecule has 1 N–H and O–H groups in total. The number of ketones is 1. The summed E-state index contributed by atoms with van der Waals surface area (Å²) in [4.78, 5) is 23.9. The SMILES string of the molecule is Cc1ccc(C(=O)O)c(/C=C2\Cc3c(C)cccc3C2=O)c1. The van der Waals surface area contributed by atoms with E-state index in [0.29, 0.717) is 17.6 Å². The summed E-state index contributed by atoms with van der Waals surface area (Å²) in [5.74, 6) is -0.984. The first-order chi connectivity index (χ1) is 10.5. The minimum atomic E-state index is -0.981. The van der Waals surface area contributed by atoms with Crippen LogP contribution in [0, 0.1) is 13.8 Å². The van der Waals surface area contributed by atoms with Gasteiger partial charge in [-0.25, -0.2) is 4.79 Å². The maximum Gasteiger partial charge on any atom is 0.336 e. The fourth-order valence-corrected chi connectivity index (χ4v) is 2.89. The number of carbonyl (C=O) groups excluding carboxylic acids is 1. The molecule has 0 unspecified atom stereocenters. The summed E-state index contributed by atoms with van der Waals surface area (Å²) in [7, 11) is 0. The van der Waals surface area contributed by atoms with E-state index >= 15 is 0 Å². The summed E-state index contributed by atoms with van der Waals surface area (Å²) in [5, 5.41) is 9.30. The lowest BCUT2D eigenvalue weighted by molar-refractivity contribution is 0.0696. The minimum absolute atomic E-state index is 0.00320. The van der Waals surface area contributed by atoms with Gasteiger partial charge in [0.05, 0.1) is 5.56 Å². The smallest absolute Gasteiger partial charge is 0.336 e. The number of hydrogen-bond donors (Lipinski definition) is 1. The van der Waals surface area contributed by atoms with Crippen LogP contribution in [0.5, 0.6) is 0 Å². The second-order valence-corrected chi connectivity index (χ2v) is 5.67. The number of carboxylic acids is 1. The van der Waals surface area contributed by atoms with Crippen molar-refractivity contribution < 1.29 is 14.7 Å². The molecule has 0 fully saturated rings. The van der Waals surface area contributed by atoms with Crippen LogP contribution in [0.4, 0.5) is 0 Å². The summed E-state index contributed by atoms with van der Waals surface area (Å²) in [6.07, 6.45) is 2.28. The monoisotopic (exact) mass is 292 g/mol. The topological polar surface area (TPSA) is 54.4 Å². The molecule has 2 aromatic rings. The first-order valence-corrected chi connectivity index (χ1v) is 7.15. The molecular formula is C19H16O3. The Morgan fingerprint density at radius 1 is 1.18 bits per heavy atom. The van der Waals surface area contributed by atoms with Crippen LogP contribution in [0.3, 0.4) is 0 Å². The van der Waals surface area contributed by atoms with Gasteiger partial charge in [-0.15, -0.1) is 0 Å². The van der Waals surface area contributed by atoms with Crippen molar-refractivity contribution in [2.75, 3.05) is 0 Å². The molecule has 110 valence electrons. The first-order valence-electron chi connectivity index (χ1n) is 7.15. The number of rotatable bonds is 2. The van der Waals surface area contributed by atoms with E-state index in [1.54, 1.807) is 24.3 Å². The Labute approximate surface area is 128 Å². The maximum absolute atomic E-state index is 12.5. The van der Waals surface area contributed by atoms with Crippen molar-refractivity contribution in [2.45, 2.75) is 20.3 Å². The highest BCUT2D eigenvalue weighted by Gasteiger charge is 2.26. The number of carboxylic acid groups (broad SMARTS) is 1. The zero-order valence-electron chi connectivity index (χ0n) is 12.5. The lowest BCUT2D eigenvalue weighted by Crippen LogP contribution is -2.01. The van der Waals surface area contributed by atoms with Gasteiger partial charge in [-0.05, 0) is 42.7 Å². The van der Waals surface area contributed by atoms with Crippen molar-refractivity contribution in [3.05, 3.63) is 75.4 Å². The highest BCUT2D eigenvalue weighted by molar-refractivity contribution is 6.16. The predicted octanol–water partition coefficient (Wildman–Crippen LogP) is 3.82. The summed E-state index contributed by atoms with van der Waals surface area (Å²) in [5.41, 5.74) is 5.30. The molecule has 0 aromatic heterocycles. The fourth-order valence-electron chi connectivity index (χ4n) is 2.89. The van der Waals surface area contributed by atoms with E-state index in [1.807, 2.05) is 32.0 Å². The Morgan fingerprint density at radius 3 is 2.64 bits per heavy atom. The Balaban J connectivity index is 2.09. The molecule has 0 amide bonds. The third kappa shape index (κ3) is 2.35. The number of hydrogen-bond acceptors (Lipinski definition) is 2. The molecule has 2 aromatic carbocycles. The zero-order chi connectivity index (χ0) is 15.9. The van der Waals surface area contributed by atoms with E-state index in [0.717, 1.165) is 22.3 Å². The third-order valence-electron chi connectivity index (χ3n) is 4.08. The average Bonchev–Trinajstić information content (AvgIpc) is 2.77. The van der Waals surface area contributed by atoms with E-state index in [9.17, 15) is 14.7 Å². The van der Waals surface area contributed by atoms with Crippen molar-refractivity contribution in [1.82, 2.24) is 0 Å².